The minimum atomic E-state index is -0.389. The van der Waals surface area contributed by atoms with Crippen LogP contribution in [0, 0.1) is 5.82 Å². The Morgan fingerprint density at radius 1 is 1.38 bits per heavy atom. The molecule has 4 nitrogen and oxygen atoms in total. The topological polar surface area (TPSA) is 64.3 Å². The lowest BCUT2D eigenvalue weighted by atomic mass is 10.2. The molecule has 0 fully saturated rings. The first-order valence-electron chi connectivity index (χ1n) is 6.88. The van der Waals surface area contributed by atoms with Crippen LogP contribution in [0.2, 0.25) is 0 Å². The zero-order valence-electron chi connectivity index (χ0n) is 11.9. The number of thiophene rings is 1. The number of nitrogens with two attached hydrogens (primary N) is 1. The van der Waals surface area contributed by atoms with Crippen molar-refractivity contribution < 1.29 is 13.9 Å². The van der Waals surface area contributed by atoms with Crippen LogP contribution in [0.3, 0.4) is 0 Å². The molecule has 0 aliphatic heterocycles. The number of amides is 1. The molecule has 6 heteroatoms. The van der Waals surface area contributed by atoms with Crippen LogP contribution in [-0.4, -0.2) is 26.2 Å². The number of fused-ring (bicyclic) bond motifs is 1. The standard InChI is InChI=1S/C15H19FN2O2S/c1-20-9-4-2-3-8-18-15(19)14-13(17)12-10(16)6-5-7-11(12)21-14/h5-7H,2-4,8-9,17H2,1H3,(H,18,19). The summed E-state index contributed by atoms with van der Waals surface area (Å²) in [6, 6.07) is 4.73. The number of rotatable bonds is 7. The van der Waals surface area contributed by atoms with E-state index in [0.717, 1.165) is 25.9 Å². The van der Waals surface area contributed by atoms with E-state index in [9.17, 15) is 9.18 Å². The van der Waals surface area contributed by atoms with Gasteiger partial charge in [0.1, 0.15) is 10.7 Å². The highest BCUT2D eigenvalue weighted by Gasteiger charge is 2.18. The molecule has 114 valence electrons. The van der Waals surface area contributed by atoms with E-state index in [-0.39, 0.29) is 17.4 Å². The van der Waals surface area contributed by atoms with E-state index in [1.54, 1.807) is 19.2 Å². The largest absolute Gasteiger partial charge is 0.397 e. The number of methoxy groups -OCH3 is 1. The van der Waals surface area contributed by atoms with Gasteiger partial charge in [0.05, 0.1) is 11.1 Å². The van der Waals surface area contributed by atoms with Crippen molar-refractivity contribution in [3.8, 4) is 0 Å². The van der Waals surface area contributed by atoms with Crippen LogP contribution < -0.4 is 11.1 Å². The van der Waals surface area contributed by atoms with Gasteiger partial charge in [0.15, 0.2) is 0 Å². The Hall–Kier alpha value is -1.66. The fourth-order valence-corrected chi connectivity index (χ4v) is 3.18. The zero-order valence-corrected chi connectivity index (χ0v) is 12.8. The molecule has 0 bridgehead atoms. The molecule has 1 aromatic carbocycles. The van der Waals surface area contributed by atoms with Gasteiger partial charge in [0.25, 0.3) is 5.91 Å². The number of nitrogens with one attached hydrogen (secondary N) is 1. The van der Waals surface area contributed by atoms with Crippen molar-refractivity contribution in [1.82, 2.24) is 5.32 Å². The third kappa shape index (κ3) is 3.71. The Kier molecular flexibility index (Phi) is 5.52. The predicted octanol–water partition coefficient (Wildman–Crippen LogP) is 3.17. The lowest BCUT2D eigenvalue weighted by Gasteiger charge is -2.04. The van der Waals surface area contributed by atoms with Crippen molar-refractivity contribution in [2.45, 2.75) is 19.3 Å². The molecule has 0 spiro atoms. The molecule has 0 saturated heterocycles. The first-order chi connectivity index (χ1) is 10.1. The molecule has 1 amide bonds. The molecule has 0 radical (unpaired) electrons. The molecular formula is C15H19FN2O2S. The molecule has 3 N–H and O–H groups in total. The van der Waals surface area contributed by atoms with Crippen LogP contribution >= 0.6 is 11.3 Å². The van der Waals surface area contributed by atoms with Crippen LogP contribution in [0.25, 0.3) is 10.1 Å². The Morgan fingerprint density at radius 3 is 2.90 bits per heavy atom. The minimum absolute atomic E-state index is 0.227. The molecule has 0 aliphatic carbocycles. The Morgan fingerprint density at radius 2 is 2.19 bits per heavy atom. The number of halogens is 1. The van der Waals surface area contributed by atoms with Gasteiger partial charge >= 0.3 is 0 Å². The van der Waals surface area contributed by atoms with Crippen LogP contribution in [0.5, 0.6) is 0 Å². The molecular weight excluding hydrogens is 291 g/mol. The number of hydrogen-bond donors (Lipinski definition) is 2. The van der Waals surface area contributed by atoms with Crippen molar-refractivity contribution in [3.05, 3.63) is 28.9 Å². The van der Waals surface area contributed by atoms with Gasteiger partial charge < -0.3 is 15.8 Å². The number of hydrogen-bond acceptors (Lipinski definition) is 4. The second kappa shape index (κ2) is 7.38. The summed E-state index contributed by atoms with van der Waals surface area (Å²) in [6.45, 7) is 1.31. The summed E-state index contributed by atoms with van der Waals surface area (Å²) in [5.74, 6) is -0.625. The quantitative estimate of drug-likeness (QED) is 0.772. The van der Waals surface area contributed by atoms with E-state index >= 15 is 0 Å². The second-order valence-electron chi connectivity index (χ2n) is 4.77. The van der Waals surface area contributed by atoms with Crippen molar-refractivity contribution in [1.29, 1.82) is 0 Å². The summed E-state index contributed by atoms with van der Waals surface area (Å²) < 4.78 is 19.4. The fraction of sp³-hybridized carbons (Fsp3) is 0.400. The molecule has 0 saturated carbocycles. The SMILES string of the molecule is COCCCCCNC(=O)c1sc2cccc(F)c2c1N. The Bertz CT molecular complexity index is 627. The summed E-state index contributed by atoms with van der Waals surface area (Å²) in [5.41, 5.74) is 6.13. The Balaban J connectivity index is 1.97. The van der Waals surface area contributed by atoms with Gasteiger partial charge in [0.2, 0.25) is 0 Å². The van der Waals surface area contributed by atoms with Gasteiger partial charge in [0, 0.05) is 25.0 Å². The number of anilines is 1. The molecule has 0 atom stereocenters. The molecule has 21 heavy (non-hydrogen) atoms. The van der Waals surface area contributed by atoms with Gasteiger partial charge in [-0.2, -0.15) is 0 Å². The maximum atomic E-state index is 13.7. The van der Waals surface area contributed by atoms with E-state index < -0.39 is 0 Å². The predicted molar refractivity (Wildman–Crippen MR) is 84.3 cm³/mol. The van der Waals surface area contributed by atoms with Crippen LogP contribution in [0.4, 0.5) is 10.1 Å². The first-order valence-corrected chi connectivity index (χ1v) is 7.70. The smallest absolute Gasteiger partial charge is 0.263 e. The average Bonchev–Trinajstić information content (AvgIpc) is 2.81. The van der Waals surface area contributed by atoms with Crippen LogP contribution in [0.1, 0.15) is 28.9 Å². The summed E-state index contributed by atoms with van der Waals surface area (Å²) in [6.07, 6.45) is 2.85. The minimum Gasteiger partial charge on any atom is -0.397 e. The summed E-state index contributed by atoms with van der Waals surface area (Å²) >= 11 is 1.22. The van der Waals surface area contributed by atoms with Gasteiger partial charge in [-0.05, 0) is 31.4 Å². The van der Waals surface area contributed by atoms with Gasteiger partial charge in [-0.1, -0.05) is 6.07 Å². The molecule has 0 aliphatic rings. The van der Waals surface area contributed by atoms with E-state index in [1.807, 2.05) is 0 Å². The highest BCUT2D eigenvalue weighted by Crippen LogP contribution is 2.35. The number of ether oxygens (including phenoxy) is 1. The van der Waals surface area contributed by atoms with E-state index in [2.05, 4.69) is 5.32 Å². The first kappa shape index (κ1) is 15.7. The monoisotopic (exact) mass is 310 g/mol. The van der Waals surface area contributed by atoms with Crippen molar-refractivity contribution in [2.75, 3.05) is 26.0 Å². The maximum Gasteiger partial charge on any atom is 0.263 e. The zero-order chi connectivity index (χ0) is 15.2. The fourth-order valence-electron chi connectivity index (χ4n) is 2.13. The normalized spacial score (nSPS) is 11.0. The molecule has 1 aromatic heterocycles. The Labute approximate surface area is 127 Å². The number of carbonyl (C=O) groups is 1. The maximum absolute atomic E-state index is 13.7. The molecule has 2 aromatic rings. The molecule has 2 rings (SSSR count). The number of unbranched alkanes of at least 4 members (excludes halogenated alkanes) is 2. The van der Waals surface area contributed by atoms with E-state index in [1.165, 1.54) is 17.4 Å². The third-order valence-electron chi connectivity index (χ3n) is 3.22. The highest BCUT2D eigenvalue weighted by atomic mass is 32.1. The lowest BCUT2D eigenvalue weighted by Crippen LogP contribution is -2.24. The highest BCUT2D eigenvalue weighted by molar-refractivity contribution is 7.21. The summed E-state index contributed by atoms with van der Waals surface area (Å²) in [7, 11) is 1.67. The molecule has 0 unspecified atom stereocenters. The number of benzene rings is 1. The molecule has 1 heterocycles. The van der Waals surface area contributed by atoms with Gasteiger partial charge in [-0.15, -0.1) is 11.3 Å². The van der Waals surface area contributed by atoms with Gasteiger partial charge in [-0.3, -0.25) is 4.79 Å². The second-order valence-corrected chi connectivity index (χ2v) is 5.82. The van der Waals surface area contributed by atoms with E-state index in [0.29, 0.717) is 21.5 Å². The van der Waals surface area contributed by atoms with Crippen LogP contribution in [0.15, 0.2) is 18.2 Å². The summed E-state index contributed by atoms with van der Waals surface area (Å²) in [5, 5.41) is 3.17. The lowest BCUT2D eigenvalue weighted by molar-refractivity contribution is 0.0957. The van der Waals surface area contributed by atoms with Crippen molar-refractivity contribution in [3.63, 3.8) is 0 Å². The average molecular weight is 310 g/mol. The number of carbonyl (C=O) groups excluding carboxylic acids is 1. The van der Waals surface area contributed by atoms with Crippen molar-refractivity contribution >= 4 is 33.0 Å². The van der Waals surface area contributed by atoms with E-state index in [4.69, 9.17) is 10.5 Å². The van der Waals surface area contributed by atoms with Gasteiger partial charge in [-0.25, -0.2) is 4.39 Å². The van der Waals surface area contributed by atoms with Crippen molar-refractivity contribution in [2.24, 2.45) is 0 Å². The number of nitrogen functional groups attached to an aromatic ring is 1. The van der Waals surface area contributed by atoms with Crippen LogP contribution in [-0.2, 0) is 4.74 Å². The summed E-state index contributed by atoms with van der Waals surface area (Å²) in [4.78, 5) is 12.5. The third-order valence-corrected chi connectivity index (χ3v) is 4.39.